The Kier molecular flexibility index (Phi) is 3.75. The second kappa shape index (κ2) is 5.71. The average Bonchev–Trinajstić information content (AvgIpc) is 2.88. The summed E-state index contributed by atoms with van der Waals surface area (Å²) >= 11 is 0. The Hall–Kier alpha value is -2.50. The lowest BCUT2D eigenvalue weighted by molar-refractivity contribution is 0.629. The van der Waals surface area contributed by atoms with Crippen LogP contribution in [0.2, 0.25) is 0 Å². The lowest BCUT2D eigenvalue weighted by Gasteiger charge is -2.16. The van der Waals surface area contributed by atoms with E-state index in [4.69, 9.17) is 0 Å². The minimum atomic E-state index is -0.272. The molecule has 3 rings (SSSR count). The third-order valence-corrected chi connectivity index (χ3v) is 3.53. The predicted octanol–water partition coefficient (Wildman–Crippen LogP) is 3.25. The molecule has 22 heavy (non-hydrogen) atoms. The third-order valence-electron chi connectivity index (χ3n) is 3.53. The zero-order valence-electron chi connectivity index (χ0n) is 12.8. The van der Waals surface area contributed by atoms with Gasteiger partial charge in [0.2, 0.25) is 0 Å². The van der Waals surface area contributed by atoms with Crippen molar-refractivity contribution in [3.63, 3.8) is 0 Å². The topological polar surface area (TPSA) is 57.7 Å². The van der Waals surface area contributed by atoms with Gasteiger partial charge in [-0.15, -0.1) is 5.10 Å². The minimum absolute atomic E-state index is 0.272. The van der Waals surface area contributed by atoms with Gasteiger partial charge in [0.05, 0.1) is 23.3 Å². The Labute approximate surface area is 128 Å². The van der Waals surface area contributed by atoms with Gasteiger partial charge in [-0.3, -0.25) is 0 Å². The molecule has 0 atom stereocenters. The summed E-state index contributed by atoms with van der Waals surface area (Å²) in [5.41, 5.74) is 2.42. The number of anilines is 1. The van der Waals surface area contributed by atoms with Gasteiger partial charge < -0.3 is 9.88 Å². The molecule has 114 valence electrons. The number of hydrogen-bond donors (Lipinski definition) is 1. The van der Waals surface area contributed by atoms with Crippen molar-refractivity contribution in [3.05, 3.63) is 47.7 Å². The van der Waals surface area contributed by atoms with E-state index in [0.29, 0.717) is 18.0 Å². The van der Waals surface area contributed by atoms with Gasteiger partial charge in [-0.1, -0.05) is 13.8 Å². The van der Waals surface area contributed by atoms with E-state index in [1.54, 1.807) is 6.07 Å². The van der Waals surface area contributed by atoms with Crippen molar-refractivity contribution in [2.75, 3.05) is 11.9 Å². The average molecular weight is 299 g/mol. The van der Waals surface area contributed by atoms with Crippen molar-refractivity contribution in [1.82, 2.24) is 20.2 Å². The van der Waals surface area contributed by atoms with Crippen molar-refractivity contribution in [2.24, 2.45) is 0 Å². The summed E-state index contributed by atoms with van der Waals surface area (Å²) in [7, 11) is 1.92. The molecule has 2 heterocycles. The maximum absolute atomic E-state index is 13.2. The summed E-state index contributed by atoms with van der Waals surface area (Å²) < 4.78 is 13.2. The molecular formula is C16H18FN5. The van der Waals surface area contributed by atoms with Gasteiger partial charge in [-0.25, -0.2) is 9.37 Å². The molecule has 3 aromatic rings. The fraction of sp³-hybridized carbons (Fsp3) is 0.312. The molecule has 1 N–H and O–H groups in total. The highest BCUT2D eigenvalue weighted by Crippen LogP contribution is 2.17. The summed E-state index contributed by atoms with van der Waals surface area (Å²) in [6, 6.07) is 8.46. The molecule has 0 saturated heterocycles. The first kappa shape index (κ1) is 14.4. The zero-order valence-corrected chi connectivity index (χ0v) is 12.8. The molecule has 0 saturated carbocycles. The monoisotopic (exact) mass is 299 g/mol. The van der Waals surface area contributed by atoms with Crippen LogP contribution in [0, 0.1) is 5.82 Å². The Morgan fingerprint density at radius 2 is 2.00 bits per heavy atom. The highest BCUT2D eigenvalue weighted by atomic mass is 19.1. The third kappa shape index (κ3) is 2.90. The molecule has 0 amide bonds. The molecular weight excluding hydrogens is 281 g/mol. The smallest absolute Gasteiger partial charge is 0.151 e. The number of fused-ring (bicyclic) bond motifs is 1. The van der Waals surface area contributed by atoms with E-state index in [9.17, 15) is 4.39 Å². The van der Waals surface area contributed by atoms with E-state index in [1.807, 2.05) is 24.1 Å². The summed E-state index contributed by atoms with van der Waals surface area (Å²) in [6.07, 6.45) is 0. The number of aromatic amines is 1. The highest BCUT2D eigenvalue weighted by Gasteiger charge is 2.10. The van der Waals surface area contributed by atoms with Gasteiger partial charge in [0, 0.05) is 7.05 Å². The maximum atomic E-state index is 13.2. The Balaban J connectivity index is 1.78. The van der Waals surface area contributed by atoms with E-state index in [1.165, 1.54) is 12.1 Å². The molecule has 1 aromatic carbocycles. The van der Waals surface area contributed by atoms with Crippen LogP contribution in [0.25, 0.3) is 11.0 Å². The highest BCUT2D eigenvalue weighted by molar-refractivity contribution is 5.75. The molecule has 6 heteroatoms. The summed E-state index contributed by atoms with van der Waals surface area (Å²) in [5.74, 6) is 1.62. The number of hydrogen-bond acceptors (Lipinski definition) is 4. The second-order valence-electron chi connectivity index (χ2n) is 5.67. The first-order valence-corrected chi connectivity index (χ1v) is 7.22. The molecule has 0 fully saturated rings. The molecule has 0 spiro atoms. The van der Waals surface area contributed by atoms with Gasteiger partial charge in [0.1, 0.15) is 11.6 Å². The SMILES string of the molecule is CC(C)c1ccc(N(C)Cc2nc3ccc(F)cc3[nH]2)nn1. The van der Waals surface area contributed by atoms with Crippen LogP contribution in [0.4, 0.5) is 10.2 Å². The maximum Gasteiger partial charge on any atom is 0.151 e. The molecule has 0 aliphatic heterocycles. The van der Waals surface area contributed by atoms with Crippen molar-refractivity contribution in [2.45, 2.75) is 26.3 Å². The quantitative estimate of drug-likeness (QED) is 0.803. The Morgan fingerprint density at radius 1 is 1.18 bits per heavy atom. The zero-order chi connectivity index (χ0) is 15.7. The second-order valence-corrected chi connectivity index (χ2v) is 5.67. The van der Waals surface area contributed by atoms with Crippen LogP contribution in [0.1, 0.15) is 31.3 Å². The number of nitrogens with zero attached hydrogens (tertiary/aromatic N) is 4. The van der Waals surface area contributed by atoms with Crippen molar-refractivity contribution < 1.29 is 4.39 Å². The summed E-state index contributed by atoms with van der Waals surface area (Å²) in [6.45, 7) is 4.72. The predicted molar refractivity (Wildman–Crippen MR) is 84.3 cm³/mol. The number of nitrogens with one attached hydrogen (secondary N) is 1. The van der Waals surface area contributed by atoms with Crippen molar-refractivity contribution in [1.29, 1.82) is 0 Å². The minimum Gasteiger partial charge on any atom is -0.351 e. The van der Waals surface area contributed by atoms with Gasteiger partial charge in [0.15, 0.2) is 5.82 Å². The molecule has 0 aliphatic rings. The number of halogens is 1. The van der Waals surface area contributed by atoms with E-state index in [2.05, 4.69) is 34.0 Å². The fourth-order valence-electron chi connectivity index (χ4n) is 2.26. The molecule has 5 nitrogen and oxygen atoms in total. The van der Waals surface area contributed by atoms with Crippen LogP contribution in [0.15, 0.2) is 30.3 Å². The van der Waals surface area contributed by atoms with Crippen molar-refractivity contribution >= 4 is 16.9 Å². The van der Waals surface area contributed by atoms with E-state index in [0.717, 1.165) is 22.9 Å². The van der Waals surface area contributed by atoms with Gasteiger partial charge >= 0.3 is 0 Å². The number of aromatic nitrogens is 4. The van der Waals surface area contributed by atoms with E-state index < -0.39 is 0 Å². The molecule has 0 bridgehead atoms. The number of imidazole rings is 1. The van der Waals surface area contributed by atoms with Gasteiger partial charge in [-0.05, 0) is 36.2 Å². The molecule has 0 unspecified atom stereocenters. The van der Waals surface area contributed by atoms with Gasteiger partial charge in [-0.2, -0.15) is 5.10 Å². The number of H-pyrrole nitrogens is 1. The van der Waals surface area contributed by atoms with Crippen LogP contribution in [0.3, 0.4) is 0 Å². The standard InChI is InChI=1S/C16H18FN5/c1-10(2)12-6-7-16(21-20-12)22(3)9-15-18-13-5-4-11(17)8-14(13)19-15/h4-8,10H,9H2,1-3H3,(H,18,19). The lowest BCUT2D eigenvalue weighted by Crippen LogP contribution is -2.19. The largest absolute Gasteiger partial charge is 0.351 e. The number of rotatable bonds is 4. The fourth-order valence-corrected chi connectivity index (χ4v) is 2.26. The van der Waals surface area contributed by atoms with Crippen LogP contribution in [0.5, 0.6) is 0 Å². The molecule has 0 aliphatic carbocycles. The first-order chi connectivity index (χ1) is 10.5. The lowest BCUT2D eigenvalue weighted by atomic mass is 10.1. The Morgan fingerprint density at radius 3 is 2.68 bits per heavy atom. The summed E-state index contributed by atoms with van der Waals surface area (Å²) in [5, 5.41) is 8.46. The Bertz CT molecular complexity index is 779. The first-order valence-electron chi connectivity index (χ1n) is 7.22. The normalized spacial score (nSPS) is 11.3. The number of benzene rings is 1. The van der Waals surface area contributed by atoms with E-state index >= 15 is 0 Å². The van der Waals surface area contributed by atoms with Crippen LogP contribution in [-0.2, 0) is 6.54 Å². The van der Waals surface area contributed by atoms with Crippen LogP contribution >= 0.6 is 0 Å². The van der Waals surface area contributed by atoms with E-state index in [-0.39, 0.29) is 5.82 Å². The summed E-state index contributed by atoms with van der Waals surface area (Å²) in [4.78, 5) is 9.53. The molecule has 0 radical (unpaired) electrons. The van der Waals surface area contributed by atoms with Crippen LogP contribution < -0.4 is 4.90 Å². The van der Waals surface area contributed by atoms with Crippen molar-refractivity contribution in [3.8, 4) is 0 Å². The molecule has 2 aromatic heterocycles. The van der Waals surface area contributed by atoms with Crippen LogP contribution in [-0.4, -0.2) is 27.2 Å². The van der Waals surface area contributed by atoms with Gasteiger partial charge in [0.25, 0.3) is 0 Å².